The first-order valence-electron chi connectivity index (χ1n) is 6.01. The maximum atomic E-state index is 12.0. The highest BCUT2D eigenvalue weighted by Gasteiger charge is 2.13. The molecule has 0 unspecified atom stereocenters. The van der Waals surface area contributed by atoms with Crippen LogP contribution in [-0.2, 0) is 11.3 Å². The standard InChI is InChI=1S/C13H19ClN2OS/c1-3-9-16(13(17)7-8-15-4-2)10-11-5-6-12(14)18-11/h3,5-6,15H,1,4,7-10H2,2H3. The number of carbonyl (C=O) groups excluding carboxylic acids is 1. The second-order valence-electron chi connectivity index (χ2n) is 3.87. The van der Waals surface area contributed by atoms with E-state index in [0.717, 1.165) is 15.8 Å². The molecule has 1 heterocycles. The normalized spacial score (nSPS) is 10.3. The van der Waals surface area contributed by atoms with Crippen LogP contribution in [0.2, 0.25) is 4.34 Å². The Balaban J connectivity index is 2.52. The van der Waals surface area contributed by atoms with Crippen molar-refractivity contribution >= 4 is 28.8 Å². The van der Waals surface area contributed by atoms with Crippen LogP contribution in [0.5, 0.6) is 0 Å². The fourth-order valence-electron chi connectivity index (χ4n) is 1.57. The lowest BCUT2D eigenvalue weighted by atomic mass is 10.3. The second kappa shape index (κ2) is 8.29. The highest BCUT2D eigenvalue weighted by molar-refractivity contribution is 7.16. The summed E-state index contributed by atoms with van der Waals surface area (Å²) >= 11 is 7.40. The Labute approximate surface area is 117 Å². The fraction of sp³-hybridized carbons (Fsp3) is 0.462. The summed E-state index contributed by atoms with van der Waals surface area (Å²) in [6, 6.07) is 3.82. The third-order valence-corrected chi connectivity index (χ3v) is 3.66. The maximum Gasteiger partial charge on any atom is 0.224 e. The number of halogens is 1. The van der Waals surface area contributed by atoms with Gasteiger partial charge in [-0.15, -0.1) is 17.9 Å². The van der Waals surface area contributed by atoms with Crippen molar-refractivity contribution in [3.05, 3.63) is 34.0 Å². The fourth-order valence-corrected chi connectivity index (χ4v) is 2.67. The number of rotatable bonds is 8. The number of carbonyl (C=O) groups is 1. The van der Waals surface area contributed by atoms with Gasteiger partial charge in [0.15, 0.2) is 0 Å². The monoisotopic (exact) mass is 286 g/mol. The Hall–Kier alpha value is -0.840. The molecule has 0 spiro atoms. The van der Waals surface area contributed by atoms with E-state index in [-0.39, 0.29) is 5.91 Å². The van der Waals surface area contributed by atoms with Crippen molar-refractivity contribution in [2.75, 3.05) is 19.6 Å². The molecule has 0 fully saturated rings. The predicted molar refractivity (Wildman–Crippen MR) is 78.1 cm³/mol. The number of hydrogen-bond donors (Lipinski definition) is 1. The van der Waals surface area contributed by atoms with Gasteiger partial charge >= 0.3 is 0 Å². The number of hydrogen-bond acceptors (Lipinski definition) is 3. The van der Waals surface area contributed by atoms with Gasteiger partial charge in [-0.2, -0.15) is 0 Å². The zero-order chi connectivity index (χ0) is 13.4. The molecule has 18 heavy (non-hydrogen) atoms. The van der Waals surface area contributed by atoms with Gasteiger partial charge in [-0.25, -0.2) is 0 Å². The van der Waals surface area contributed by atoms with Gasteiger partial charge in [-0.3, -0.25) is 4.79 Å². The smallest absolute Gasteiger partial charge is 0.224 e. The summed E-state index contributed by atoms with van der Waals surface area (Å²) in [4.78, 5) is 14.9. The SMILES string of the molecule is C=CCN(Cc1ccc(Cl)s1)C(=O)CCNCC. The Morgan fingerprint density at radius 3 is 2.94 bits per heavy atom. The first kappa shape index (κ1) is 15.2. The summed E-state index contributed by atoms with van der Waals surface area (Å²) in [6.07, 6.45) is 2.27. The van der Waals surface area contributed by atoms with Gasteiger partial charge in [0.2, 0.25) is 5.91 Å². The quantitative estimate of drug-likeness (QED) is 0.589. The molecule has 0 aliphatic heterocycles. The first-order valence-corrected chi connectivity index (χ1v) is 7.20. The van der Waals surface area contributed by atoms with E-state index in [0.29, 0.717) is 26.1 Å². The number of amides is 1. The lowest BCUT2D eigenvalue weighted by Crippen LogP contribution is -2.32. The molecule has 100 valence electrons. The summed E-state index contributed by atoms with van der Waals surface area (Å²) < 4.78 is 0.753. The van der Waals surface area contributed by atoms with Crippen molar-refractivity contribution in [1.29, 1.82) is 0 Å². The van der Waals surface area contributed by atoms with Gasteiger partial charge in [0.05, 0.1) is 10.9 Å². The Kier molecular flexibility index (Phi) is 7.01. The average molecular weight is 287 g/mol. The van der Waals surface area contributed by atoms with Crippen LogP contribution in [0.15, 0.2) is 24.8 Å². The lowest BCUT2D eigenvalue weighted by Gasteiger charge is -2.20. The minimum atomic E-state index is 0.139. The molecule has 1 N–H and O–H groups in total. The van der Waals surface area contributed by atoms with E-state index in [9.17, 15) is 4.79 Å². The van der Waals surface area contributed by atoms with Crippen molar-refractivity contribution in [3.8, 4) is 0 Å². The van der Waals surface area contributed by atoms with Crippen molar-refractivity contribution in [3.63, 3.8) is 0 Å². The summed E-state index contributed by atoms with van der Waals surface area (Å²) in [5.74, 6) is 0.139. The van der Waals surface area contributed by atoms with Crippen LogP contribution in [-0.4, -0.2) is 30.4 Å². The molecule has 0 aliphatic rings. The second-order valence-corrected chi connectivity index (χ2v) is 5.67. The molecule has 0 radical (unpaired) electrons. The molecular weight excluding hydrogens is 268 g/mol. The molecule has 1 amide bonds. The van der Waals surface area contributed by atoms with Crippen molar-refractivity contribution in [2.45, 2.75) is 19.9 Å². The molecule has 5 heteroatoms. The molecule has 0 aliphatic carbocycles. The number of nitrogens with zero attached hydrogens (tertiary/aromatic N) is 1. The van der Waals surface area contributed by atoms with E-state index in [1.54, 1.807) is 11.0 Å². The van der Waals surface area contributed by atoms with Gasteiger partial charge in [-0.1, -0.05) is 24.6 Å². The van der Waals surface area contributed by atoms with Crippen molar-refractivity contribution < 1.29 is 4.79 Å². The molecule has 1 rings (SSSR count). The van der Waals surface area contributed by atoms with E-state index >= 15 is 0 Å². The van der Waals surface area contributed by atoms with Crippen LogP contribution in [0, 0.1) is 0 Å². The van der Waals surface area contributed by atoms with E-state index in [4.69, 9.17) is 11.6 Å². The Morgan fingerprint density at radius 2 is 2.39 bits per heavy atom. The van der Waals surface area contributed by atoms with Gasteiger partial charge < -0.3 is 10.2 Å². The molecule has 3 nitrogen and oxygen atoms in total. The molecule has 1 aromatic rings. The highest BCUT2D eigenvalue weighted by Crippen LogP contribution is 2.22. The summed E-state index contributed by atoms with van der Waals surface area (Å²) in [5.41, 5.74) is 0. The molecule has 0 aromatic carbocycles. The summed E-state index contributed by atoms with van der Waals surface area (Å²) in [5, 5.41) is 3.15. The van der Waals surface area contributed by atoms with Crippen LogP contribution >= 0.6 is 22.9 Å². The van der Waals surface area contributed by atoms with Crippen molar-refractivity contribution in [1.82, 2.24) is 10.2 Å². The predicted octanol–water partition coefficient (Wildman–Crippen LogP) is 2.92. The Bertz CT molecular complexity index is 392. The van der Waals surface area contributed by atoms with E-state index < -0.39 is 0 Å². The minimum absolute atomic E-state index is 0.139. The zero-order valence-corrected chi connectivity index (χ0v) is 12.2. The average Bonchev–Trinajstić information content (AvgIpc) is 2.74. The molecule has 1 aromatic heterocycles. The van der Waals surface area contributed by atoms with Gasteiger partial charge in [0.1, 0.15) is 0 Å². The third kappa shape index (κ3) is 5.21. The molecule has 0 atom stereocenters. The van der Waals surface area contributed by atoms with E-state index in [2.05, 4.69) is 11.9 Å². The van der Waals surface area contributed by atoms with E-state index in [1.165, 1.54) is 11.3 Å². The van der Waals surface area contributed by atoms with Gasteiger partial charge in [0, 0.05) is 24.4 Å². The molecule has 0 bridgehead atoms. The summed E-state index contributed by atoms with van der Waals surface area (Å²) in [7, 11) is 0. The van der Waals surface area contributed by atoms with Gasteiger partial charge in [0.25, 0.3) is 0 Å². The molecule has 0 saturated carbocycles. The minimum Gasteiger partial charge on any atom is -0.334 e. The first-order chi connectivity index (χ1) is 8.67. The van der Waals surface area contributed by atoms with Gasteiger partial charge in [-0.05, 0) is 18.7 Å². The topological polar surface area (TPSA) is 32.3 Å². The maximum absolute atomic E-state index is 12.0. The Morgan fingerprint density at radius 1 is 1.61 bits per heavy atom. The zero-order valence-electron chi connectivity index (χ0n) is 10.6. The lowest BCUT2D eigenvalue weighted by molar-refractivity contribution is -0.131. The largest absolute Gasteiger partial charge is 0.334 e. The van der Waals surface area contributed by atoms with Crippen LogP contribution in [0.4, 0.5) is 0 Å². The summed E-state index contributed by atoms with van der Waals surface area (Å²) in [6.45, 7) is 8.50. The van der Waals surface area contributed by atoms with Crippen LogP contribution in [0.25, 0.3) is 0 Å². The van der Waals surface area contributed by atoms with Crippen LogP contribution in [0.3, 0.4) is 0 Å². The molecule has 0 saturated heterocycles. The third-order valence-electron chi connectivity index (χ3n) is 2.44. The highest BCUT2D eigenvalue weighted by atomic mass is 35.5. The van der Waals surface area contributed by atoms with Crippen molar-refractivity contribution in [2.24, 2.45) is 0 Å². The molecular formula is C13H19ClN2OS. The number of thiophene rings is 1. The number of nitrogens with one attached hydrogen (secondary N) is 1. The van der Waals surface area contributed by atoms with Crippen LogP contribution in [0.1, 0.15) is 18.2 Å². The van der Waals surface area contributed by atoms with Crippen LogP contribution < -0.4 is 5.32 Å². The van der Waals surface area contributed by atoms with E-state index in [1.807, 2.05) is 19.1 Å².